The first-order valence-corrected chi connectivity index (χ1v) is 5.28. The molecule has 0 saturated heterocycles. The highest BCUT2D eigenvalue weighted by Crippen LogP contribution is 2.43. The van der Waals surface area contributed by atoms with E-state index < -0.39 is 0 Å². The number of hydrogen-bond donors (Lipinski definition) is 1. The summed E-state index contributed by atoms with van der Waals surface area (Å²) in [6, 6.07) is 0. The number of rotatable bonds is 3. The number of hydrogen-bond acceptors (Lipinski definition) is 2. The first-order valence-electron chi connectivity index (χ1n) is 5.28. The van der Waals surface area contributed by atoms with Crippen molar-refractivity contribution in [1.82, 2.24) is 9.78 Å². The molecule has 1 aliphatic rings. The Bertz CT molecular complexity index is 334. The molecule has 0 aromatic carbocycles. The van der Waals surface area contributed by atoms with Crippen molar-refractivity contribution in [3.05, 3.63) is 17.5 Å². The van der Waals surface area contributed by atoms with Gasteiger partial charge in [-0.1, -0.05) is 13.8 Å². The lowest BCUT2D eigenvalue weighted by Gasteiger charge is -2.24. The second-order valence-electron chi connectivity index (χ2n) is 4.93. The molecule has 0 amide bonds. The lowest BCUT2D eigenvalue weighted by atomic mass is 9.86. The van der Waals surface area contributed by atoms with Gasteiger partial charge in [-0.3, -0.25) is 4.68 Å². The van der Waals surface area contributed by atoms with Crippen LogP contribution in [0.2, 0.25) is 0 Å². The average Bonchev–Trinajstić information content (AvgIpc) is 2.90. The normalized spacial score (nSPS) is 17.4. The van der Waals surface area contributed by atoms with Crippen LogP contribution >= 0.6 is 0 Å². The summed E-state index contributed by atoms with van der Waals surface area (Å²) >= 11 is 0. The van der Waals surface area contributed by atoms with Gasteiger partial charge in [-0.05, 0) is 24.3 Å². The van der Waals surface area contributed by atoms with Gasteiger partial charge in [-0.15, -0.1) is 0 Å². The molecule has 14 heavy (non-hydrogen) atoms. The van der Waals surface area contributed by atoms with Crippen LogP contribution in [-0.2, 0) is 12.5 Å². The van der Waals surface area contributed by atoms with Crippen LogP contribution in [0.4, 0.5) is 0 Å². The molecule has 1 saturated carbocycles. The van der Waals surface area contributed by atoms with Gasteiger partial charge in [0.2, 0.25) is 0 Å². The van der Waals surface area contributed by atoms with Crippen LogP contribution in [0.3, 0.4) is 0 Å². The zero-order chi connectivity index (χ0) is 10.3. The van der Waals surface area contributed by atoms with E-state index in [-0.39, 0.29) is 5.41 Å². The Hall–Kier alpha value is -0.830. The molecule has 1 fully saturated rings. The fraction of sp³-hybridized carbons (Fsp3) is 0.727. The van der Waals surface area contributed by atoms with Gasteiger partial charge in [0.25, 0.3) is 0 Å². The maximum Gasteiger partial charge on any atom is 0.0527 e. The minimum absolute atomic E-state index is 0.0448. The van der Waals surface area contributed by atoms with E-state index in [4.69, 9.17) is 5.73 Å². The zero-order valence-corrected chi connectivity index (χ0v) is 9.25. The number of aromatic nitrogens is 2. The van der Waals surface area contributed by atoms with Crippen LogP contribution in [0.15, 0.2) is 6.20 Å². The molecule has 1 aromatic rings. The molecule has 0 unspecified atom stereocenters. The summed E-state index contributed by atoms with van der Waals surface area (Å²) in [5.41, 5.74) is 8.60. The lowest BCUT2D eigenvalue weighted by molar-refractivity contribution is 0.482. The van der Waals surface area contributed by atoms with Crippen LogP contribution in [0.1, 0.15) is 43.9 Å². The molecule has 2 rings (SSSR count). The second-order valence-corrected chi connectivity index (χ2v) is 4.93. The minimum Gasteiger partial charge on any atom is -0.330 e. The quantitative estimate of drug-likeness (QED) is 0.791. The Morgan fingerprint density at radius 2 is 2.21 bits per heavy atom. The molecule has 0 atom stereocenters. The zero-order valence-electron chi connectivity index (χ0n) is 9.25. The molecule has 0 aliphatic heterocycles. The molecule has 0 spiro atoms. The van der Waals surface area contributed by atoms with Gasteiger partial charge < -0.3 is 5.73 Å². The molecule has 0 bridgehead atoms. The van der Waals surface area contributed by atoms with Gasteiger partial charge in [0.05, 0.1) is 6.20 Å². The van der Waals surface area contributed by atoms with Crippen molar-refractivity contribution < 1.29 is 0 Å². The third kappa shape index (κ3) is 1.46. The van der Waals surface area contributed by atoms with Gasteiger partial charge >= 0.3 is 0 Å². The molecule has 1 aliphatic carbocycles. The van der Waals surface area contributed by atoms with Gasteiger partial charge in [-0.2, -0.15) is 5.10 Å². The smallest absolute Gasteiger partial charge is 0.0527 e. The third-order valence-corrected chi connectivity index (χ3v) is 3.14. The summed E-state index contributed by atoms with van der Waals surface area (Å²) in [6.45, 7) is 5.05. The maximum absolute atomic E-state index is 5.81. The Morgan fingerprint density at radius 1 is 1.57 bits per heavy atom. The standard InChI is InChI=1S/C11H19N3/c1-11(2,7-12)10-9(8-4-5-8)6-13-14(10)3/h6,8H,4-5,7,12H2,1-3H3. The number of nitrogens with two attached hydrogens (primary N) is 1. The summed E-state index contributed by atoms with van der Waals surface area (Å²) in [7, 11) is 2.01. The largest absolute Gasteiger partial charge is 0.330 e. The fourth-order valence-corrected chi connectivity index (χ4v) is 2.07. The molecule has 2 N–H and O–H groups in total. The lowest BCUT2D eigenvalue weighted by Crippen LogP contribution is -2.31. The second kappa shape index (κ2) is 3.09. The molecule has 3 heteroatoms. The van der Waals surface area contributed by atoms with Crippen molar-refractivity contribution in [1.29, 1.82) is 0 Å². The predicted octanol–water partition coefficient (Wildman–Crippen LogP) is 1.53. The summed E-state index contributed by atoms with van der Waals surface area (Å²) in [5, 5.41) is 4.35. The van der Waals surface area contributed by atoms with Crippen LogP contribution in [-0.4, -0.2) is 16.3 Å². The first-order chi connectivity index (χ1) is 6.56. The van der Waals surface area contributed by atoms with E-state index in [2.05, 4.69) is 18.9 Å². The van der Waals surface area contributed by atoms with E-state index in [1.807, 2.05) is 17.9 Å². The van der Waals surface area contributed by atoms with Crippen molar-refractivity contribution in [3.8, 4) is 0 Å². The maximum atomic E-state index is 5.81. The molecular formula is C11H19N3. The molecule has 1 heterocycles. The van der Waals surface area contributed by atoms with Crippen molar-refractivity contribution >= 4 is 0 Å². The van der Waals surface area contributed by atoms with E-state index in [0.29, 0.717) is 6.54 Å². The molecule has 0 radical (unpaired) electrons. The average molecular weight is 193 g/mol. The number of nitrogens with zero attached hydrogens (tertiary/aromatic N) is 2. The van der Waals surface area contributed by atoms with E-state index >= 15 is 0 Å². The highest BCUT2D eigenvalue weighted by molar-refractivity contribution is 5.32. The summed E-state index contributed by atoms with van der Waals surface area (Å²) in [5.74, 6) is 0.754. The summed E-state index contributed by atoms with van der Waals surface area (Å²) in [4.78, 5) is 0. The highest BCUT2D eigenvalue weighted by Gasteiger charge is 2.33. The monoisotopic (exact) mass is 193 g/mol. The minimum atomic E-state index is 0.0448. The Kier molecular flexibility index (Phi) is 2.14. The van der Waals surface area contributed by atoms with Crippen molar-refractivity contribution in [3.63, 3.8) is 0 Å². The van der Waals surface area contributed by atoms with Gasteiger partial charge in [0, 0.05) is 24.7 Å². The Balaban J connectivity index is 2.43. The van der Waals surface area contributed by atoms with E-state index in [0.717, 1.165) is 5.92 Å². The Morgan fingerprint density at radius 3 is 2.71 bits per heavy atom. The molecule has 1 aromatic heterocycles. The van der Waals surface area contributed by atoms with Gasteiger partial charge in [0.1, 0.15) is 0 Å². The fourth-order valence-electron chi connectivity index (χ4n) is 2.07. The molecular weight excluding hydrogens is 174 g/mol. The van der Waals surface area contributed by atoms with E-state index in [9.17, 15) is 0 Å². The van der Waals surface area contributed by atoms with Crippen LogP contribution in [0.25, 0.3) is 0 Å². The van der Waals surface area contributed by atoms with Crippen molar-refractivity contribution in [2.75, 3.05) is 6.54 Å². The topological polar surface area (TPSA) is 43.8 Å². The van der Waals surface area contributed by atoms with Crippen LogP contribution < -0.4 is 5.73 Å². The van der Waals surface area contributed by atoms with Gasteiger partial charge in [0.15, 0.2) is 0 Å². The molecule has 3 nitrogen and oxygen atoms in total. The number of aryl methyl sites for hydroxylation is 1. The summed E-state index contributed by atoms with van der Waals surface area (Å²) < 4.78 is 1.99. The highest BCUT2D eigenvalue weighted by atomic mass is 15.3. The summed E-state index contributed by atoms with van der Waals surface area (Å²) in [6.07, 6.45) is 4.66. The van der Waals surface area contributed by atoms with Crippen LogP contribution in [0, 0.1) is 0 Å². The predicted molar refractivity (Wildman–Crippen MR) is 57.3 cm³/mol. The van der Waals surface area contributed by atoms with Gasteiger partial charge in [-0.25, -0.2) is 0 Å². The third-order valence-electron chi connectivity index (χ3n) is 3.14. The van der Waals surface area contributed by atoms with E-state index in [1.165, 1.54) is 24.1 Å². The Labute approximate surface area is 85.3 Å². The van der Waals surface area contributed by atoms with Crippen LogP contribution in [0.5, 0.6) is 0 Å². The SMILES string of the molecule is Cn1ncc(C2CC2)c1C(C)(C)CN. The van der Waals surface area contributed by atoms with E-state index in [1.54, 1.807) is 0 Å². The first kappa shape index (κ1) is 9.71. The molecule has 78 valence electrons. The van der Waals surface area contributed by atoms with Crippen molar-refractivity contribution in [2.24, 2.45) is 12.8 Å². The van der Waals surface area contributed by atoms with Crippen molar-refractivity contribution in [2.45, 2.75) is 38.0 Å².